The fourth-order valence-corrected chi connectivity index (χ4v) is 3.87. The van der Waals surface area contributed by atoms with Crippen LogP contribution in [0.3, 0.4) is 0 Å². The molecule has 0 unspecified atom stereocenters. The molecule has 5 rings (SSSR count). The Balaban J connectivity index is 1.56. The van der Waals surface area contributed by atoms with Gasteiger partial charge >= 0.3 is 0 Å². The SMILES string of the molecule is Cc1cccc2nc(CCNc3ncnc4nc[nH]c34)n(-c3cccc(Cl)c3)c(=O)c12. The smallest absolute Gasteiger partial charge is 0.266 e. The Morgan fingerprint density at radius 2 is 2.00 bits per heavy atom. The molecule has 0 radical (unpaired) electrons. The van der Waals surface area contributed by atoms with Crippen molar-refractivity contribution in [1.29, 1.82) is 0 Å². The van der Waals surface area contributed by atoms with Crippen LogP contribution >= 0.6 is 11.6 Å². The van der Waals surface area contributed by atoms with E-state index < -0.39 is 0 Å². The summed E-state index contributed by atoms with van der Waals surface area (Å²) in [6.07, 6.45) is 3.53. The molecule has 0 spiro atoms. The second-order valence-corrected chi connectivity index (χ2v) is 7.55. The molecule has 154 valence electrons. The maximum absolute atomic E-state index is 13.5. The van der Waals surface area contributed by atoms with Gasteiger partial charge in [-0.1, -0.05) is 29.8 Å². The van der Waals surface area contributed by atoms with Crippen molar-refractivity contribution in [2.75, 3.05) is 11.9 Å². The summed E-state index contributed by atoms with van der Waals surface area (Å²) in [4.78, 5) is 33.9. The van der Waals surface area contributed by atoms with E-state index in [9.17, 15) is 4.79 Å². The van der Waals surface area contributed by atoms with E-state index in [-0.39, 0.29) is 5.56 Å². The van der Waals surface area contributed by atoms with Crippen LogP contribution in [0.25, 0.3) is 27.8 Å². The highest BCUT2D eigenvalue weighted by Gasteiger charge is 2.15. The van der Waals surface area contributed by atoms with Crippen LogP contribution in [-0.2, 0) is 6.42 Å². The molecule has 31 heavy (non-hydrogen) atoms. The van der Waals surface area contributed by atoms with Crippen molar-refractivity contribution >= 4 is 39.5 Å². The van der Waals surface area contributed by atoms with E-state index in [0.29, 0.717) is 51.9 Å². The van der Waals surface area contributed by atoms with Gasteiger partial charge < -0.3 is 10.3 Å². The molecule has 0 atom stereocenters. The molecule has 0 saturated carbocycles. The Kier molecular flexibility index (Phi) is 4.83. The van der Waals surface area contributed by atoms with Gasteiger partial charge in [0.25, 0.3) is 5.56 Å². The molecule has 0 bridgehead atoms. The van der Waals surface area contributed by atoms with E-state index in [1.165, 1.54) is 6.33 Å². The number of hydrogen-bond acceptors (Lipinski definition) is 6. The van der Waals surface area contributed by atoms with Crippen LogP contribution in [0, 0.1) is 6.92 Å². The number of rotatable bonds is 5. The maximum atomic E-state index is 13.5. The molecule has 0 aliphatic rings. The van der Waals surface area contributed by atoms with Gasteiger partial charge in [0, 0.05) is 18.0 Å². The molecular weight excluding hydrogens is 414 g/mol. The molecule has 3 heterocycles. The number of anilines is 1. The topological polar surface area (TPSA) is 101 Å². The van der Waals surface area contributed by atoms with Crippen molar-refractivity contribution in [3.63, 3.8) is 0 Å². The highest BCUT2D eigenvalue weighted by atomic mass is 35.5. The van der Waals surface area contributed by atoms with Gasteiger partial charge in [-0.25, -0.2) is 19.9 Å². The third kappa shape index (κ3) is 3.51. The van der Waals surface area contributed by atoms with Crippen LogP contribution in [-0.4, -0.2) is 36.0 Å². The maximum Gasteiger partial charge on any atom is 0.266 e. The third-order valence-corrected chi connectivity index (χ3v) is 5.34. The summed E-state index contributed by atoms with van der Waals surface area (Å²) in [6, 6.07) is 12.9. The van der Waals surface area contributed by atoms with Crippen molar-refractivity contribution in [3.8, 4) is 5.69 Å². The number of imidazole rings is 1. The monoisotopic (exact) mass is 431 g/mol. The number of nitrogens with zero attached hydrogens (tertiary/aromatic N) is 5. The number of nitrogens with one attached hydrogen (secondary N) is 2. The summed E-state index contributed by atoms with van der Waals surface area (Å²) in [6.45, 7) is 2.43. The average molecular weight is 432 g/mol. The van der Waals surface area contributed by atoms with Gasteiger partial charge in [-0.2, -0.15) is 0 Å². The van der Waals surface area contributed by atoms with E-state index in [1.807, 2.05) is 37.3 Å². The van der Waals surface area contributed by atoms with Crippen molar-refractivity contribution in [1.82, 2.24) is 29.5 Å². The zero-order valence-electron chi connectivity index (χ0n) is 16.6. The average Bonchev–Trinajstić information content (AvgIpc) is 3.23. The highest BCUT2D eigenvalue weighted by Crippen LogP contribution is 2.19. The van der Waals surface area contributed by atoms with E-state index in [2.05, 4.69) is 25.3 Å². The number of benzene rings is 2. The zero-order chi connectivity index (χ0) is 21.4. The molecule has 3 aromatic heterocycles. The van der Waals surface area contributed by atoms with Crippen LogP contribution in [0.1, 0.15) is 11.4 Å². The van der Waals surface area contributed by atoms with Gasteiger partial charge in [-0.05, 0) is 36.8 Å². The lowest BCUT2D eigenvalue weighted by Gasteiger charge is -2.15. The molecule has 2 aromatic carbocycles. The first-order chi connectivity index (χ1) is 15.1. The minimum Gasteiger partial charge on any atom is -0.368 e. The lowest BCUT2D eigenvalue weighted by molar-refractivity contribution is 0.809. The lowest BCUT2D eigenvalue weighted by Crippen LogP contribution is -2.26. The Labute approximate surface area is 182 Å². The summed E-state index contributed by atoms with van der Waals surface area (Å²) >= 11 is 6.21. The number of halogens is 1. The lowest BCUT2D eigenvalue weighted by atomic mass is 10.1. The first-order valence-electron chi connectivity index (χ1n) is 9.77. The first-order valence-corrected chi connectivity index (χ1v) is 10.1. The fraction of sp³-hybridized carbons (Fsp3) is 0.136. The predicted molar refractivity (Wildman–Crippen MR) is 121 cm³/mol. The standard InChI is InChI=1S/C22H18ClN7O/c1-13-4-2-7-16-18(13)22(31)30(15-6-3-5-14(23)10-15)17(29-16)8-9-24-20-19-21(26-11-25-19)28-12-27-20/h2-7,10-12H,8-9H2,1H3,(H2,24,25,26,27,28). The van der Waals surface area contributed by atoms with Crippen molar-refractivity contribution in [2.24, 2.45) is 0 Å². The van der Waals surface area contributed by atoms with Crippen LogP contribution in [0.15, 0.2) is 59.9 Å². The Morgan fingerprint density at radius 3 is 2.87 bits per heavy atom. The zero-order valence-corrected chi connectivity index (χ0v) is 17.4. The van der Waals surface area contributed by atoms with E-state index in [1.54, 1.807) is 23.0 Å². The van der Waals surface area contributed by atoms with E-state index >= 15 is 0 Å². The van der Waals surface area contributed by atoms with Crippen LogP contribution < -0.4 is 10.9 Å². The quantitative estimate of drug-likeness (QED) is 0.440. The number of aromatic amines is 1. The fourth-order valence-electron chi connectivity index (χ4n) is 3.68. The molecule has 0 saturated heterocycles. The van der Waals surface area contributed by atoms with Gasteiger partial charge in [0.15, 0.2) is 11.5 Å². The van der Waals surface area contributed by atoms with Gasteiger partial charge in [0.05, 0.1) is 22.9 Å². The normalized spacial score (nSPS) is 11.3. The summed E-state index contributed by atoms with van der Waals surface area (Å²) in [7, 11) is 0. The molecule has 0 aliphatic carbocycles. The number of H-pyrrole nitrogens is 1. The Hall–Kier alpha value is -3.78. The third-order valence-electron chi connectivity index (χ3n) is 5.11. The Morgan fingerprint density at radius 1 is 1.13 bits per heavy atom. The van der Waals surface area contributed by atoms with Crippen LogP contribution in [0.5, 0.6) is 0 Å². The molecule has 0 fully saturated rings. The minimum absolute atomic E-state index is 0.113. The molecule has 2 N–H and O–H groups in total. The van der Waals surface area contributed by atoms with E-state index in [0.717, 1.165) is 11.1 Å². The molecule has 8 nitrogen and oxygen atoms in total. The van der Waals surface area contributed by atoms with Gasteiger partial charge in [0.1, 0.15) is 17.7 Å². The largest absolute Gasteiger partial charge is 0.368 e. The summed E-state index contributed by atoms with van der Waals surface area (Å²) in [5.41, 5.74) is 3.46. The second kappa shape index (κ2) is 7.81. The van der Waals surface area contributed by atoms with Crippen molar-refractivity contribution in [2.45, 2.75) is 13.3 Å². The highest BCUT2D eigenvalue weighted by molar-refractivity contribution is 6.30. The summed E-state index contributed by atoms with van der Waals surface area (Å²) < 4.78 is 1.63. The number of hydrogen-bond donors (Lipinski definition) is 2. The Bertz CT molecular complexity index is 1470. The number of aromatic nitrogens is 6. The summed E-state index contributed by atoms with van der Waals surface area (Å²) in [5.74, 6) is 1.28. The van der Waals surface area contributed by atoms with Gasteiger partial charge in [-0.15, -0.1) is 0 Å². The molecule has 5 aromatic rings. The molecular formula is C22H18ClN7O. The second-order valence-electron chi connectivity index (χ2n) is 7.12. The van der Waals surface area contributed by atoms with Crippen LogP contribution in [0.4, 0.5) is 5.82 Å². The number of fused-ring (bicyclic) bond motifs is 2. The van der Waals surface area contributed by atoms with Crippen LogP contribution in [0.2, 0.25) is 5.02 Å². The first kappa shape index (κ1) is 19.2. The van der Waals surface area contributed by atoms with Crippen molar-refractivity contribution in [3.05, 3.63) is 81.9 Å². The molecule has 0 aliphatic heterocycles. The predicted octanol–water partition coefficient (Wildman–Crippen LogP) is 3.67. The minimum atomic E-state index is -0.113. The summed E-state index contributed by atoms with van der Waals surface area (Å²) in [5, 5.41) is 4.45. The molecule has 0 amide bonds. The van der Waals surface area contributed by atoms with Crippen molar-refractivity contribution < 1.29 is 0 Å². The molecule has 9 heteroatoms. The van der Waals surface area contributed by atoms with E-state index in [4.69, 9.17) is 16.6 Å². The van der Waals surface area contributed by atoms with Gasteiger partial charge in [-0.3, -0.25) is 9.36 Å². The van der Waals surface area contributed by atoms with Gasteiger partial charge in [0.2, 0.25) is 0 Å². The number of aryl methyl sites for hydroxylation is 1.